The third-order valence-corrected chi connectivity index (χ3v) is 0.940. The van der Waals surface area contributed by atoms with Gasteiger partial charge in [0, 0.05) is 11.5 Å². The molecule has 0 fully saturated rings. The Kier molecular flexibility index (Phi) is 12.5. The van der Waals surface area contributed by atoms with E-state index in [1.165, 1.54) is 5.56 Å². The summed E-state index contributed by atoms with van der Waals surface area (Å²) in [4.78, 5) is 8.31. The maximum atomic E-state index is 8.81. The molecule has 0 aliphatic rings. The van der Waals surface area contributed by atoms with Crippen LogP contribution in [0.3, 0.4) is 0 Å². The number of benzene rings is 1. The van der Waals surface area contributed by atoms with E-state index in [1.54, 1.807) is 6.92 Å². The molecule has 0 bridgehead atoms. The van der Waals surface area contributed by atoms with Crippen LogP contribution in [0.15, 0.2) is 30.3 Å². The lowest BCUT2D eigenvalue weighted by Crippen LogP contribution is -1.79. The van der Waals surface area contributed by atoms with Gasteiger partial charge >= 0.3 is 0 Å². The van der Waals surface area contributed by atoms with Gasteiger partial charge < -0.3 is 5.11 Å². The van der Waals surface area contributed by atoms with Crippen molar-refractivity contribution >= 4 is 0 Å². The fourth-order valence-electron chi connectivity index (χ4n) is 0.534. The number of nitrogens with zero attached hydrogens (tertiary/aromatic N) is 1. The summed E-state index contributed by atoms with van der Waals surface area (Å²) < 4.78 is 0. The Morgan fingerprint density at radius 1 is 1.36 bits per heavy atom. The average molecular weight is 199 g/mol. The molecule has 4 nitrogen and oxygen atoms in total. The van der Waals surface area contributed by atoms with Crippen molar-refractivity contribution < 1.29 is 10.0 Å². The first-order chi connectivity index (χ1) is 6.54. The summed E-state index contributed by atoms with van der Waals surface area (Å²) in [6, 6.07) is 10.3. The standard InChI is InChI=1S/C7H8.C2H6O.CH3NO2/c1-7-5-3-2-4-6-7;1-2-3;1-2(3)4/h2-6H,1H3;3H,2H2,1H3;1H3. The molecule has 0 unspecified atom stereocenters. The Hall–Kier alpha value is -1.42. The van der Waals surface area contributed by atoms with Crippen molar-refractivity contribution in [2.45, 2.75) is 13.8 Å². The van der Waals surface area contributed by atoms with E-state index >= 15 is 0 Å². The van der Waals surface area contributed by atoms with Gasteiger partial charge in [0.1, 0.15) is 0 Å². The van der Waals surface area contributed by atoms with Gasteiger partial charge in [-0.25, -0.2) is 0 Å². The Bertz CT molecular complexity index is 220. The molecule has 14 heavy (non-hydrogen) atoms. The lowest BCUT2D eigenvalue weighted by molar-refractivity contribution is -0.445. The fraction of sp³-hybridized carbons (Fsp3) is 0.400. The van der Waals surface area contributed by atoms with Crippen LogP contribution in [0.1, 0.15) is 12.5 Å². The highest BCUT2D eigenvalue weighted by atomic mass is 16.6. The molecule has 4 heteroatoms. The van der Waals surface area contributed by atoms with Gasteiger partial charge in [0.15, 0.2) is 7.05 Å². The zero-order valence-electron chi connectivity index (χ0n) is 8.80. The van der Waals surface area contributed by atoms with Crippen LogP contribution in [0, 0.1) is 17.0 Å². The van der Waals surface area contributed by atoms with E-state index in [1.807, 2.05) is 18.2 Å². The van der Waals surface area contributed by atoms with Gasteiger partial charge in [-0.3, -0.25) is 10.1 Å². The summed E-state index contributed by atoms with van der Waals surface area (Å²) in [6.45, 7) is 4.01. The first-order valence-corrected chi connectivity index (χ1v) is 4.25. The Balaban J connectivity index is 0. The molecule has 1 aromatic carbocycles. The molecule has 0 spiro atoms. The van der Waals surface area contributed by atoms with Crippen molar-refractivity contribution in [2.24, 2.45) is 0 Å². The molecule has 0 saturated heterocycles. The molecule has 0 heterocycles. The summed E-state index contributed by atoms with van der Waals surface area (Å²) in [5.74, 6) is 0. The van der Waals surface area contributed by atoms with Crippen LogP contribution in [-0.2, 0) is 0 Å². The maximum absolute atomic E-state index is 8.81. The number of hydrogen-bond acceptors (Lipinski definition) is 3. The molecular formula is C10H17NO3. The molecular weight excluding hydrogens is 182 g/mol. The number of aliphatic hydroxyl groups excluding tert-OH is 1. The highest BCUT2D eigenvalue weighted by Gasteiger charge is 1.72. The largest absolute Gasteiger partial charge is 0.397 e. The second-order valence-corrected chi connectivity index (χ2v) is 2.41. The minimum atomic E-state index is -0.500. The van der Waals surface area contributed by atoms with E-state index in [0.29, 0.717) is 0 Å². The maximum Gasteiger partial charge on any atom is 0.194 e. The van der Waals surface area contributed by atoms with Gasteiger partial charge in [-0.05, 0) is 13.8 Å². The van der Waals surface area contributed by atoms with Crippen LogP contribution < -0.4 is 0 Å². The van der Waals surface area contributed by atoms with Crippen LogP contribution in [0.2, 0.25) is 0 Å². The topological polar surface area (TPSA) is 63.4 Å². The Labute approximate surface area is 84.4 Å². The number of nitro groups is 1. The SMILES string of the molecule is CCO.C[N+](=O)[O-].Cc1ccccc1. The van der Waals surface area contributed by atoms with Gasteiger partial charge in [-0.15, -0.1) is 0 Å². The third kappa shape index (κ3) is 22.4. The minimum absolute atomic E-state index is 0.250. The van der Waals surface area contributed by atoms with Crippen molar-refractivity contribution in [1.29, 1.82) is 0 Å². The van der Waals surface area contributed by atoms with Crippen LogP contribution in [0.25, 0.3) is 0 Å². The van der Waals surface area contributed by atoms with Crippen LogP contribution >= 0.6 is 0 Å². The first-order valence-electron chi connectivity index (χ1n) is 4.25. The summed E-state index contributed by atoms with van der Waals surface area (Å²) in [5.41, 5.74) is 1.32. The summed E-state index contributed by atoms with van der Waals surface area (Å²) in [6.07, 6.45) is 0. The lowest BCUT2D eigenvalue weighted by atomic mass is 10.2. The average Bonchev–Trinajstić information content (AvgIpc) is 2.05. The van der Waals surface area contributed by atoms with Crippen molar-refractivity contribution in [1.82, 2.24) is 0 Å². The van der Waals surface area contributed by atoms with Gasteiger partial charge in [-0.1, -0.05) is 35.9 Å². The zero-order valence-corrected chi connectivity index (χ0v) is 8.80. The summed E-state index contributed by atoms with van der Waals surface area (Å²) in [7, 11) is 0.889. The highest BCUT2D eigenvalue weighted by Crippen LogP contribution is 1.92. The molecule has 0 aromatic heterocycles. The Morgan fingerprint density at radius 2 is 1.64 bits per heavy atom. The zero-order chi connectivity index (χ0) is 11.4. The van der Waals surface area contributed by atoms with Crippen LogP contribution in [-0.4, -0.2) is 23.7 Å². The van der Waals surface area contributed by atoms with E-state index in [0.717, 1.165) is 7.05 Å². The monoisotopic (exact) mass is 199 g/mol. The second kappa shape index (κ2) is 11.6. The van der Waals surface area contributed by atoms with Gasteiger partial charge in [0.25, 0.3) is 0 Å². The van der Waals surface area contributed by atoms with E-state index in [9.17, 15) is 0 Å². The van der Waals surface area contributed by atoms with E-state index in [-0.39, 0.29) is 6.61 Å². The van der Waals surface area contributed by atoms with Crippen molar-refractivity contribution in [3.8, 4) is 0 Å². The molecule has 0 saturated carbocycles. The number of aryl methyl sites for hydroxylation is 1. The number of aliphatic hydroxyl groups is 1. The smallest absolute Gasteiger partial charge is 0.194 e. The van der Waals surface area contributed by atoms with Crippen molar-refractivity contribution in [3.05, 3.63) is 46.0 Å². The molecule has 0 radical (unpaired) electrons. The first kappa shape index (κ1) is 15.1. The summed E-state index contributed by atoms with van der Waals surface area (Å²) >= 11 is 0. The third-order valence-electron chi connectivity index (χ3n) is 0.940. The molecule has 0 aliphatic carbocycles. The normalized spacial score (nSPS) is 7.43. The predicted octanol–water partition coefficient (Wildman–Crippen LogP) is 1.89. The van der Waals surface area contributed by atoms with Crippen molar-refractivity contribution in [3.63, 3.8) is 0 Å². The van der Waals surface area contributed by atoms with Gasteiger partial charge in [-0.2, -0.15) is 0 Å². The van der Waals surface area contributed by atoms with Crippen molar-refractivity contribution in [2.75, 3.05) is 13.7 Å². The second-order valence-electron chi connectivity index (χ2n) is 2.41. The Morgan fingerprint density at radius 3 is 1.79 bits per heavy atom. The minimum Gasteiger partial charge on any atom is -0.397 e. The van der Waals surface area contributed by atoms with E-state index in [2.05, 4.69) is 19.1 Å². The molecule has 80 valence electrons. The van der Waals surface area contributed by atoms with Crippen LogP contribution in [0.5, 0.6) is 0 Å². The van der Waals surface area contributed by atoms with Gasteiger partial charge in [0.2, 0.25) is 0 Å². The molecule has 0 amide bonds. The summed E-state index contributed by atoms with van der Waals surface area (Å²) in [5, 5.41) is 16.4. The molecule has 0 atom stereocenters. The van der Waals surface area contributed by atoms with E-state index in [4.69, 9.17) is 15.2 Å². The highest BCUT2D eigenvalue weighted by molar-refractivity contribution is 5.11. The fourth-order valence-corrected chi connectivity index (χ4v) is 0.534. The van der Waals surface area contributed by atoms with Gasteiger partial charge in [0.05, 0.1) is 0 Å². The molecule has 1 N–H and O–H groups in total. The number of hydrogen-bond donors (Lipinski definition) is 1. The lowest BCUT2D eigenvalue weighted by Gasteiger charge is -1.82. The molecule has 0 aliphatic heterocycles. The van der Waals surface area contributed by atoms with E-state index < -0.39 is 4.92 Å². The molecule has 1 rings (SSSR count). The molecule has 1 aromatic rings. The predicted molar refractivity (Wildman–Crippen MR) is 56.9 cm³/mol. The number of rotatable bonds is 0. The van der Waals surface area contributed by atoms with Crippen LogP contribution in [0.4, 0.5) is 0 Å². The quantitative estimate of drug-likeness (QED) is 0.512.